The van der Waals surface area contributed by atoms with E-state index in [-0.39, 0.29) is 11.5 Å². The molecule has 0 radical (unpaired) electrons. The molecule has 20 heavy (non-hydrogen) atoms. The van der Waals surface area contributed by atoms with Gasteiger partial charge in [-0.15, -0.1) is 0 Å². The molecule has 0 aliphatic heterocycles. The van der Waals surface area contributed by atoms with Crippen LogP contribution in [0.15, 0.2) is 41.3 Å². The topological polar surface area (TPSA) is 74.8 Å². The maximum Gasteiger partial charge on any atom is 0.261 e. The number of carbonyl (C=O) groups excluding carboxylic acids is 1. The third kappa shape index (κ3) is 3.32. The fraction of sp³-hybridized carbons (Fsp3) is 0.267. The van der Waals surface area contributed by atoms with Gasteiger partial charge in [-0.1, -0.05) is 19.9 Å². The van der Waals surface area contributed by atoms with Crippen LogP contribution in [0.1, 0.15) is 24.2 Å². The van der Waals surface area contributed by atoms with Gasteiger partial charge in [-0.2, -0.15) is 0 Å². The first-order valence-electron chi connectivity index (χ1n) is 6.51. The van der Waals surface area contributed by atoms with Gasteiger partial charge in [-0.25, -0.2) is 0 Å². The molecule has 0 saturated heterocycles. The number of aromatic nitrogens is 2. The molecule has 5 nitrogen and oxygen atoms in total. The van der Waals surface area contributed by atoms with Crippen LogP contribution in [0.25, 0.3) is 11.4 Å². The fourth-order valence-corrected chi connectivity index (χ4v) is 1.72. The highest BCUT2D eigenvalue weighted by Crippen LogP contribution is 2.11. The summed E-state index contributed by atoms with van der Waals surface area (Å²) in [6.07, 6.45) is 1.65. The summed E-state index contributed by atoms with van der Waals surface area (Å²) in [4.78, 5) is 30.7. The van der Waals surface area contributed by atoms with Crippen molar-refractivity contribution < 1.29 is 4.79 Å². The SMILES string of the molecule is CC(C)CNC(=O)c1ccc(-c2ccccn2)[nH]c1=O. The average Bonchev–Trinajstić information content (AvgIpc) is 2.45. The van der Waals surface area contributed by atoms with E-state index in [0.717, 1.165) is 0 Å². The minimum Gasteiger partial charge on any atom is -0.352 e. The van der Waals surface area contributed by atoms with Crippen LogP contribution in [0.2, 0.25) is 0 Å². The van der Waals surface area contributed by atoms with Gasteiger partial charge in [-0.05, 0) is 30.2 Å². The first-order chi connectivity index (χ1) is 9.58. The number of nitrogens with zero attached hydrogens (tertiary/aromatic N) is 1. The Hall–Kier alpha value is -2.43. The lowest BCUT2D eigenvalue weighted by Gasteiger charge is -2.07. The molecule has 0 aromatic carbocycles. The molecular weight excluding hydrogens is 254 g/mol. The Labute approximate surface area is 117 Å². The van der Waals surface area contributed by atoms with Gasteiger partial charge in [0, 0.05) is 12.7 Å². The maximum absolute atomic E-state index is 12.0. The van der Waals surface area contributed by atoms with Gasteiger partial charge in [0.05, 0.1) is 11.4 Å². The second-order valence-electron chi connectivity index (χ2n) is 4.93. The van der Waals surface area contributed by atoms with Gasteiger partial charge in [0.1, 0.15) is 5.56 Å². The van der Waals surface area contributed by atoms with E-state index >= 15 is 0 Å². The van der Waals surface area contributed by atoms with Gasteiger partial charge in [-0.3, -0.25) is 14.6 Å². The van der Waals surface area contributed by atoms with Crippen LogP contribution >= 0.6 is 0 Å². The molecule has 0 aliphatic rings. The first-order valence-corrected chi connectivity index (χ1v) is 6.51. The number of pyridine rings is 2. The Morgan fingerprint density at radius 3 is 2.70 bits per heavy atom. The smallest absolute Gasteiger partial charge is 0.261 e. The van der Waals surface area contributed by atoms with Gasteiger partial charge < -0.3 is 10.3 Å². The lowest BCUT2D eigenvalue weighted by molar-refractivity contribution is 0.0947. The molecule has 0 bridgehead atoms. The van der Waals surface area contributed by atoms with Gasteiger partial charge >= 0.3 is 0 Å². The Kier molecular flexibility index (Phi) is 4.30. The molecular formula is C15H17N3O2. The average molecular weight is 271 g/mol. The van der Waals surface area contributed by atoms with Gasteiger partial charge in [0.25, 0.3) is 11.5 Å². The Morgan fingerprint density at radius 2 is 2.10 bits per heavy atom. The van der Waals surface area contributed by atoms with E-state index in [1.807, 2.05) is 19.9 Å². The normalized spacial score (nSPS) is 10.6. The molecule has 2 heterocycles. The molecule has 1 amide bonds. The molecule has 5 heteroatoms. The summed E-state index contributed by atoms with van der Waals surface area (Å²) in [5, 5.41) is 2.72. The van der Waals surface area contributed by atoms with Crippen LogP contribution < -0.4 is 10.9 Å². The van der Waals surface area contributed by atoms with Crippen molar-refractivity contribution in [3.63, 3.8) is 0 Å². The number of amides is 1. The summed E-state index contributed by atoms with van der Waals surface area (Å²) < 4.78 is 0. The van der Waals surface area contributed by atoms with Crippen LogP contribution in [-0.2, 0) is 0 Å². The number of carbonyl (C=O) groups is 1. The van der Waals surface area contributed by atoms with E-state index in [4.69, 9.17) is 0 Å². The van der Waals surface area contributed by atoms with E-state index in [2.05, 4.69) is 15.3 Å². The lowest BCUT2D eigenvalue weighted by atomic mass is 10.2. The minimum atomic E-state index is -0.408. The predicted octanol–water partition coefficient (Wildman–Crippen LogP) is 1.82. The highest BCUT2D eigenvalue weighted by Gasteiger charge is 2.11. The Bertz CT molecular complexity index is 648. The fourth-order valence-electron chi connectivity index (χ4n) is 1.72. The number of rotatable bonds is 4. The van der Waals surface area contributed by atoms with Crippen LogP contribution in [-0.4, -0.2) is 22.4 Å². The summed E-state index contributed by atoms with van der Waals surface area (Å²) in [5.41, 5.74) is 0.967. The second-order valence-corrected chi connectivity index (χ2v) is 4.93. The van der Waals surface area contributed by atoms with Crippen LogP contribution in [0, 0.1) is 5.92 Å². The van der Waals surface area contributed by atoms with Crippen molar-refractivity contribution in [3.8, 4) is 11.4 Å². The van der Waals surface area contributed by atoms with Crippen molar-refractivity contribution in [1.29, 1.82) is 0 Å². The van der Waals surface area contributed by atoms with Crippen LogP contribution in [0.3, 0.4) is 0 Å². The molecule has 0 atom stereocenters. The zero-order valence-corrected chi connectivity index (χ0v) is 11.5. The standard InChI is InChI=1S/C15H17N3O2/c1-10(2)9-17-14(19)11-6-7-13(18-15(11)20)12-5-3-4-8-16-12/h3-8,10H,9H2,1-2H3,(H,17,19)(H,18,20). The van der Waals surface area contributed by atoms with Crippen molar-refractivity contribution in [3.05, 3.63) is 52.4 Å². The van der Waals surface area contributed by atoms with Crippen molar-refractivity contribution >= 4 is 5.91 Å². The zero-order chi connectivity index (χ0) is 14.5. The van der Waals surface area contributed by atoms with E-state index in [9.17, 15) is 9.59 Å². The number of hydrogen-bond donors (Lipinski definition) is 2. The number of nitrogens with one attached hydrogen (secondary N) is 2. The molecule has 2 N–H and O–H groups in total. The van der Waals surface area contributed by atoms with Gasteiger partial charge in [0.2, 0.25) is 0 Å². The summed E-state index contributed by atoms with van der Waals surface area (Å²) in [6.45, 7) is 4.53. The third-order valence-corrected chi connectivity index (χ3v) is 2.77. The van der Waals surface area contributed by atoms with Crippen LogP contribution in [0.5, 0.6) is 0 Å². The zero-order valence-electron chi connectivity index (χ0n) is 11.5. The van der Waals surface area contributed by atoms with Crippen molar-refractivity contribution in [1.82, 2.24) is 15.3 Å². The lowest BCUT2D eigenvalue weighted by Crippen LogP contribution is -2.32. The summed E-state index contributed by atoms with van der Waals surface area (Å²) in [6, 6.07) is 8.65. The Balaban J connectivity index is 2.23. The quantitative estimate of drug-likeness (QED) is 0.890. The molecule has 0 fully saturated rings. The largest absolute Gasteiger partial charge is 0.352 e. The first kappa shape index (κ1) is 14.0. The molecule has 2 aromatic heterocycles. The number of hydrogen-bond acceptors (Lipinski definition) is 3. The molecule has 104 valence electrons. The monoisotopic (exact) mass is 271 g/mol. The predicted molar refractivity (Wildman–Crippen MR) is 77.5 cm³/mol. The third-order valence-electron chi connectivity index (χ3n) is 2.77. The van der Waals surface area contributed by atoms with E-state index in [1.54, 1.807) is 24.4 Å². The highest BCUT2D eigenvalue weighted by atomic mass is 16.2. The molecule has 0 spiro atoms. The van der Waals surface area contributed by atoms with Crippen LogP contribution in [0.4, 0.5) is 0 Å². The van der Waals surface area contributed by atoms with E-state index in [1.165, 1.54) is 6.07 Å². The van der Waals surface area contributed by atoms with E-state index < -0.39 is 5.56 Å². The number of aromatic amines is 1. The molecule has 2 rings (SSSR count). The number of H-pyrrole nitrogens is 1. The molecule has 0 saturated carbocycles. The minimum absolute atomic E-state index is 0.116. The van der Waals surface area contributed by atoms with Gasteiger partial charge in [0.15, 0.2) is 0 Å². The van der Waals surface area contributed by atoms with Crippen molar-refractivity contribution in [2.24, 2.45) is 5.92 Å². The highest BCUT2D eigenvalue weighted by molar-refractivity contribution is 5.94. The molecule has 0 aliphatic carbocycles. The molecule has 2 aromatic rings. The maximum atomic E-state index is 12.0. The second kappa shape index (κ2) is 6.14. The molecule has 0 unspecified atom stereocenters. The van der Waals surface area contributed by atoms with Crippen molar-refractivity contribution in [2.45, 2.75) is 13.8 Å². The van der Waals surface area contributed by atoms with E-state index in [0.29, 0.717) is 23.9 Å². The Morgan fingerprint density at radius 1 is 1.30 bits per heavy atom. The summed E-state index contributed by atoms with van der Waals surface area (Å²) >= 11 is 0. The summed E-state index contributed by atoms with van der Waals surface area (Å²) in [5.74, 6) is -0.0154. The van der Waals surface area contributed by atoms with Crippen molar-refractivity contribution in [2.75, 3.05) is 6.54 Å². The summed E-state index contributed by atoms with van der Waals surface area (Å²) in [7, 11) is 0.